The van der Waals surface area contributed by atoms with E-state index in [1.54, 1.807) is 11.8 Å². The van der Waals surface area contributed by atoms with Crippen molar-refractivity contribution in [1.29, 1.82) is 0 Å². The van der Waals surface area contributed by atoms with Gasteiger partial charge in [0.15, 0.2) is 8.32 Å². The summed E-state index contributed by atoms with van der Waals surface area (Å²) in [5, 5.41) is 17.5. The van der Waals surface area contributed by atoms with E-state index in [0.717, 1.165) is 54.9 Å². The number of aromatic nitrogens is 3. The third-order valence-electron chi connectivity index (χ3n) is 7.87. The lowest BCUT2D eigenvalue weighted by Crippen LogP contribution is -2.48. The number of rotatable bonds is 9. The molecule has 2 aliphatic rings. The Kier molecular flexibility index (Phi) is 9.05. The summed E-state index contributed by atoms with van der Waals surface area (Å²) in [4.78, 5) is 26.1. The first-order valence-corrected chi connectivity index (χ1v) is 16.6. The van der Waals surface area contributed by atoms with E-state index in [2.05, 4.69) is 23.3 Å². The summed E-state index contributed by atoms with van der Waals surface area (Å²) in [6, 6.07) is 6.00. The van der Waals surface area contributed by atoms with Gasteiger partial charge in [-0.05, 0) is 50.6 Å². The average Bonchev–Trinajstić information content (AvgIpc) is 3.29. The van der Waals surface area contributed by atoms with Gasteiger partial charge in [0, 0.05) is 68.6 Å². The SMILES string of the molecule is CO[C@H]1c2cc(N3CCCCCCC3=O)ccc2O[C@@H](C(CCn2cc(CCO)nn2)[Si](C)(C)O)[C@@H]1C. The Labute approximate surface area is 220 Å². The van der Waals surface area contributed by atoms with Crippen LogP contribution in [0.2, 0.25) is 18.6 Å². The molecule has 1 saturated heterocycles. The molecule has 0 spiro atoms. The number of benzene rings is 1. The first kappa shape index (κ1) is 27.8. The Bertz CT molecular complexity index is 1060. The van der Waals surface area contributed by atoms with E-state index in [1.807, 2.05) is 36.3 Å². The summed E-state index contributed by atoms with van der Waals surface area (Å²) >= 11 is 0. The zero-order chi connectivity index (χ0) is 26.6. The van der Waals surface area contributed by atoms with Crippen molar-refractivity contribution in [2.75, 3.05) is 25.2 Å². The highest BCUT2D eigenvalue weighted by molar-refractivity contribution is 6.71. The molecule has 1 fully saturated rings. The summed E-state index contributed by atoms with van der Waals surface area (Å²) in [6.07, 6.45) is 7.40. The van der Waals surface area contributed by atoms with E-state index >= 15 is 0 Å². The molecule has 1 aromatic carbocycles. The van der Waals surface area contributed by atoms with Gasteiger partial charge in [0.1, 0.15) is 11.9 Å². The molecule has 4 rings (SSSR count). The Morgan fingerprint density at radius 3 is 2.76 bits per heavy atom. The Morgan fingerprint density at radius 1 is 1.24 bits per heavy atom. The van der Waals surface area contributed by atoms with E-state index < -0.39 is 8.32 Å². The Hall–Kier alpha value is -2.27. The second kappa shape index (κ2) is 12.1. The molecule has 1 aromatic heterocycles. The molecule has 1 unspecified atom stereocenters. The van der Waals surface area contributed by atoms with Crippen molar-refractivity contribution in [2.24, 2.45) is 5.92 Å². The molecule has 2 aliphatic heterocycles. The minimum atomic E-state index is -2.63. The van der Waals surface area contributed by atoms with Crippen LogP contribution in [0.5, 0.6) is 5.75 Å². The Balaban J connectivity index is 1.57. The molecule has 10 heteroatoms. The molecule has 204 valence electrons. The van der Waals surface area contributed by atoms with Crippen LogP contribution in [0, 0.1) is 5.92 Å². The molecule has 37 heavy (non-hydrogen) atoms. The van der Waals surface area contributed by atoms with Crippen molar-refractivity contribution < 1.29 is 24.2 Å². The molecule has 3 heterocycles. The predicted octanol–water partition coefficient (Wildman–Crippen LogP) is 3.85. The predicted molar refractivity (Wildman–Crippen MR) is 144 cm³/mol. The number of carbonyl (C=O) groups excluding carboxylic acids is 1. The van der Waals surface area contributed by atoms with Crippen molar-refractivity contribution >= 4 is 19.9 Å². The standard InChI is InChI=1S/C27H42N4O5Si/c1-19-26(35-2)22-17-21(31-14-8-6-5-7-9-25(31)33)10-11-23(22)36-27(19)24(37(3,4)34)12-15-30-18-20(13-16-32)28-29-30/h10-11,17-19,24,26-27,32,34H,5-9,12-16H2,1-4H3/t19-,24?,26-,27-/m1/s1. The van der Waals surface area contributed by atoms with Crippen molar-refractivity contribution in [3.63, 3.8) is 0 Å². The highest BCUT2D eigenvalue weighted by Crippen LogP contribution is 2.47. The van der Waals surface area contributed by atoms with E-state index in [0.29, 0.717) is 25.8 Å². The summed E-state index contributed by atoms with van der Waals surface area (Å²) < 4.78 is 14.4. The maximum absolute atomic E-state index is 12.8. The van der Waals surface area contributed by atoms with Crippen molar-refractivity contribution in [3.8, 4) is 5.75 Å². The fourth-order valence-electron chi connectivity index (χ4n) is 5.83. The monoisotopic (exact) mass is 530 g/mol. The number of aryl methyl sites for hydroxylation is 1. The zero-order valence-electron chi connectivity index (χ0n) is 22.6. The minimum absolute atomic E-state index is 0.000376. The molecular formula is C27H42N4O5Si. The second-order valence-electron chi connectivity index (χ2n) is 11.0. The molecule has 9 nitrogen and oxygen atoms in total. The van der Waals surface area contributed by atoms with Crippen LogP contribution in [0.25, 0.3) is 0 Å². The van der Waals surface area contributed by atoms with E-state index in [1.165, 1.54) is 0 Å². The highest BCUT2D eigenvalue weighted by atomic mass is 28.4. The minimum Gasteiger partial charge on any atom is -0.490 e. The maximum atomic E-state index is 12.8. The summed E-state index contributed by atoms with van der Waals surface area (Å²) in [5.41, 5.74) is 2.55. The number of hydrogen-bond donors (Lipinski definition) is 2. The number of aliphatic hydroxyl groups is 1. The Morgan fingerprint density at radius 2 is 2.03 bits per heavy atom. The van der Waals surface area contributed by atoms with Gasteiger partial charge < -0.3 is 24.3 Å². The highest BCUT2D eigenvalue weighted by Gasteiger charge is 2.46. The largest absolute Gasteiger partial charge is 0.490 e. The molecule has 2 N–H and O–H groups in total. The van der Waals surface area contributed by atoms with Gasteiger partial charge in [-0.15, -0.1) is 5.10 Å². The normalized spacial score (nSPS) is 23.7. The van der Waals surface area contributed by atoms with Gasteiger partial charge in [-0.3, -0.25) is 9.48 Å². The fourth-order valence-corrected chi connectivity index (χ4v) is 7.84. The van der Waals surface area contributed by atoms with Crippen molar-refractivity contribution in [1.82, 2.24) is 15.0 Å². The van der Waals surface area contributed by atoms with Crippen LogP contribution >= 0.6 is 0 Å². The smallest absolute Gasteiger partial charge is 0.226 e. The van der Waals surface area contributed by atoms with Crippen LogP contribution in [0.1, 0.15) is 62.8 Å². The van der Waals surface area contributed by atoms with Crippen LogP contribution in [0.3, 0.4) is 0 Å². The third-order valence-corrected chi connectivity index (χ3v) is 10.3. The zero-order valence-corrected chi connectivity index (χ0v) is 23.6. The number of ether oxygens (including phenoxy) is 2. The van der Waals surface area contributed by atoms with Gasteiger partial charge in [0.25, 0.3) is 0 Å². The van der Waals surface area contributed by atoms with Gasteiger partial charge in [-0.2, -0.15) is 0 Å². The third kappa shape index (κ3) is 6.42. The molecule has 1 amide bonds. The van der Waals surface area contributed by atoms with Gasteiger partial charge in [0.2, 0.25) is 5.91 Å². The molecule has 0 saturated carbocycles. The van der Waals surface area contributed by atoms with Gasteiger partial charge in [0.05, 0.1) is 11.8 Å². The molecule has 2 aromatic rings. The number of carbonyl (C=O) groups is 1. The lowest BCUT2D eigenvalue weighted by molar-refractivity contribution is -0.118. The van der Waals surface area contributed by atoms with Gasteiger partial charge in [-0.25, -0.2) is 0 Å². The molecule has 0 aliphatic carbocycles. The fraction of sp³-hybridized carbons (Fsp3) is 0.667. The van der Waals surface area contributed by atoms with Crippen molar-refractivity contribution in [3.05, 3.63) is 35.7 Å². The maximum Gasteiger partial charge on any atom is 0.226 e. The molecule has 0 radical (unpaired) electrons. The number of methoxy groups -OCH3 is 1. The van der Waals surface area contributed by atoms with E-state index in [4.69, 9.17) is 14.6 Å². The van der Waals surface area contributed by atoms with E-state index in [-0.39, 0.29) is 36.2 Å². The lowest BCUT2D eigenvalue weighted by Gasteiger charge is -2.44. The van der Waals surface area contributed by atoms with Crippen LogP contribution in [0.15, 0.2) is 24.4 Å². The number of aliphatic hydroxyl groups excluding tert-OH is 1. The molecular weight excluding hydrogens is 488 g/mol. The van der Waals surface area contributed by atoms with Crippen LogP contribution < -0.4 is 9.64 Å². The topological polar surface area (TPSA) is 110 Å². The summed E-state index contributed by atoms with van der Waals surface area (Å²) in [7, 11) is -0.916. The quantitative estimate of drug-likeness (QED) is 0.474. The van der Waals surface area contributed by atoms with Crippen LogP contribution in [-0.4, -0.2) is 65.5 Å². The first-order valence-electron chi connectivity index (χ1n) is 13.6. The van der Waals surface area contributed by atoms with Crippen LogP contribution in [-0.2, 0) is 22.5 Å². The van der Waals surface area contributed by atoms with E-state index in [9.17, 15) is 9.59 Å². The average molecular weight is 531 g/mol. The summed E-state index contributed by atoms with van der Waals surface area (Å²) in [5.74, 6) is 0.937. The molecule has 4 atom stereocenters. The number of hydrogen-bond acceptors (Lipinski definition) is 7. The number of anilines is 1. The van der Waals surface area contributed by atoms with Gasteiger partial charge >= 0.3 is 0 Å². The second-order valence-corrected chi connectivity index (χ2v) is 15.1. The first-order chi connectivity index (χ1) is 17.7. The molecule has 0 bridgehead atoms. The van der Waals surface area contributed by atoms with Gasteiger partial charge in [-0.1, -0.05) is 25.0 Å². The lowest BCUT2D eigenvalue weighted by atomic mass is 9.86. The van der Waals surface area contributed by atoms with Crippen LogP contribution in [0.4, 0.5) is 5.69 Å². The number of fused-ring (bicyclic) bond motifs is 1. The van der Waals surface area contributed by atoms with Crippen molar-refractivity contribution in [2.45, 2.75) is 89.3 Å². The number of nitrogens with zero attached hydrogens (tertiary/aromatic N) is 4. The number of amides is 1. The summed E-state index contributed by atoms with van der Waals surface area (Å²) in [6.45, 7) is 7.42.